The summed E-state index contributed by atoms with van der Waals surface area (Å²) in [6.07, 6.45) is -2.88. The standard InChI is InChI=1S/C48H47ClO7/c1-2-51-40-24-26-41(27-25-40)55-43-29-39(23-28-42(43)49)45-47(53-32-37-19-11-5-12-20-37)48(54-33-38-21-13-6-14-22-38)46(52-31-36-17-9-4-10-18-36)44(56-45)34-50-30-35-15-7-3-8-16-35/h3-29,44-48H,2,30-34H2,1H3/t44-,45+,46-,47+,48+/m1/s1. The molecule has 0 aromatic heterocycles. The van der Waals surface area contributed by atoms with Gasteiger partial charge >= 0.3 is 0 Å². The van der Waals surface area contributed by atoms with Crippen LogP contribution in [0.4, 0.5) is 0 Å². The maximum absolute atomic E-state index is 7.11. The molecule has 0 radical (unpaired) electrons. The Morgan fingerprint density at radius 2 is 1.00 bits per heavy atom. The fraction of sp³-hybridized carbons (Fsp3) is 0.250. The second-order valence-electron chi connectivity index (χ2n) is 13.6. The molecular weight excluding hydrogens is 724 g/mol. The van der Waals surface area contributed by atoms with E-state index in [4.69, 9.17) is 44.8 Å². The molecule has 56 heavy (non-hydrogen) atoms. The quantitative estimate of drug-likeness (QED) is 0.0862. The Kier molecular flexibility index (Phi) is 14.2. The number of hydrogen-bond acceptors (Lipinski definition) is 7. The first-order chi connectivity index (χ1) is 27.6. The lowest BCUT2D eigenvalue weighted by Crippen LogP contribution is -2.58. The summed E-state index contributed by atoms with van der Waals surface area (Å²) in [5.74, 6) is 1.87. The van der Waals surface area contributed by atoms with Crippen LogP contribution in [-0.2, 0) is 50.1 Å². The maximum atomic E-state index is 7.11. The minimum Gasteiger partial charge on any atom is -0.494 e. The Hall–Kier alpha value is -4.99. The molecular formula is C48H47ClO7. The third-order valence-electron chi connectivity index (χ3n) is 9.53. The molecule has 5 atom stereocenters. The fourth-order valence-corrected chi connectivity index (χ4v) is 6.89. The van der Waals surface area contributed by atoms with Gasteiger partial charge in [-0.15, -0.1) is 0 Å². The Labute approximate surface area is 334 Å². The summed E-state index contributed by atoms with van der Waals surface area (Å²) in [6.45, 7) is 4.24. The van der Waals surface area contributed by atoms with Crippen molar-refractivity contribution in [2.75, 3.05) is 13.2 Å². The predicted molar refractivity (Wildman–Crippen MR) is 218 cm³/mol. The normalized spacial score (nSPS) is 19.4. The van der Waals surface area contributed by atoms with Crippen molar-refractivity contribution in [2.45, 2.75) is 63.9 Å². The largest absolute Gasteiger partial charge is 0.494 e. The minimum absolute atomic E-state index is 0.255. The van der Waals surface area contributed by atoms with Gasteiger partial charge in [0, 0.05) is 0 Å². The molecule has 0 aliphatic carbocycles. The van der Waals surface area contributed by atoms with Crippen molar-refractivity contribution in [3.8, 4) is 17.2 Å². The summed E-state index contributed by atoms with van der Waals surface area (Å²) < 4.78 is 46.2. The van der Waals surface area contributed by atoms with Crippen LogP contribution < -0.4 is 9.47 Å². The van der Waals surface area contributed by atoms with E-state index in [1.165, 1.54) is 0 Å². The van der Waals surface area contributed by atoms with Gasteiger partial charge < -0.3 is 33.2 Å². The third kappa shape index (κ3) is 10.9. The molecule has 8 heteroatoms. The summed E-state index contributed by atoms with van der Waals surface area (Å²) in [5, 5.41) is 0.462. The van der Waals surface area contributed by atoms with Crippen LogP contribution in [0.3, 0.4) is 0 Å². The highest BCUT2D eigenvalue weighted by molar-refractivity contribution is 6.32. The summed E-state index contributed by atoms with van der Waals surface area (Å²) in [7, 11) is 0. The summed E-state index contributed by atoms with van der Waals surface area (Å²) in [5.41, 5.74) is 4.98. The van der Waals surface area contributed by atoms with Crippen LogP contribution >= 0.6 is 11.6 Å². The molecule has 7 rings (SSSR count). The first-order valence-electron chi connectivity index (χ1n) is 19.1. The van der Waals surface area contributed by atoms with Gasteiger partial charge in [-0.25, -0.2) is 0 Å². The van der Waals surface area contributed by atoms with Gasteiger partial charge in [-0.1, -0.05) is 139 Å². The van der Waals surface area contributed by atoms with Crippen LogP contribution in [0.15, 0.2) is 164 Å². The van der Waals surface area contributed by atoms with Crippen molar-refractivity contribution in [3.63, 3.8) is 0 Å². The second-order valence-corrected chi connectivity index (χ2v) is 14.0. The van der Waals surface area contributed by atoms with Gasteiger partial charge in [0.25, 0.3) is 0 Å². The molecule has 1 heterocycles. The van der Waals surface area contributed by atoms with Crippen LogP contribution in [0.5, 0.6) is 17.2 Å². The zero-order valence-corrected chi connectivity index (χ0v) is 32.2. The van der Waals surface area contributed by atoms with Gasteiger partial charge in [0.2, 0.25) is 0 Å². The highest BCUT2D eigenvalue weighted by Gasteiger charge is 2.49. The van der Waals surface area contributed by atoms with Gasteiger partial charge in [0.1, 0.15) is 47.8 Å². The highest BCUT2D eigenvalue weighted by atomic mass is 35.5. The Balaban J connectivity index is 1.25. The molecule has 6 aromatic rings. The zero-order valence-electron chi connectivity index (χ0n) is 31.5. The van der Waals surface area contributed by atoms with Crippen LogP contribution in [-0.4, -0.2) is 37.6 Å². The Morgan fingerprint density at radius 3 is 1.54 bits per heavy atom. The molecule has 7 nitrogen and oxygen atoms in total. The molecule has 0 bridgehead atoms. The molecule has 288 valence electrons. The molecule has 1 fully saturated rings. The van der Waals surface area contributed by atoms with Crippen molar-refractivity contribution in [1.29, 1.82) is 0 Å². The number of benzene rings is 6. The van der Waals surface area contributed by atoms with E-state index in [9.17, 15) is 0 Å². The van der Waals surface area contributed by atoms with E-state index < -0.39 is 30.5 Å². The summed E-state index contributed by atoms with van der Waals surface area (Å²) >= 11 is 6.78. The average Bonchev–Trinajstić information content (AvgIpc) is 3.25. The highest BCUT2D eigenvalue weighted by Crippen LogP contribution is 2.41. The smallest absolute Gasteiger partial charge is 0.146 e. The van der Waals surface area contributed by atoms with E-state index in [0.29, 0.717) is 49.6 Å². The van der Waals surface area contributed by atoms with Gasteiger partial charge in [-0.2, -0.15) is 0 Å². The van der Waals surface area contributed by atoms with Gasteiger partial charge in [0.15, 0.2) is 0 Å². The third-order valence-corrected chi connectivity index (χ3v) is 9.84. The van der Waals surface area contributed by atoms with Gasteiger partial charge in [-0.05, 0) is 71.1 Å². The Bertz CT molecular complexity index is 2030. The molecule has 1 aliphatic rings. The monoisotopic (exact) mass is 770 g/mol. The average molecular weight is 771 g/mol. The lowest BCUT2D eigenvalue weighted by molar-refractivity contribution is -0.275. The molecule has 0 saturated carbocycles. The van der Waals surface area contributed by atoms with Crippen LogP contribution in [0.1, 0.15) is 40.8 Å². The molecule has 0 N–H and O–H groups in total. The van der Waals surface area contributed by atoms with Crippen molar-refractivity contribution >= 4 is 11.6 Å². The first kappa shape index (κ1) is 39.3. The van der Waals surface area contributed by atoms with E-state index in [-0.39, 0.29) is 6.61 Å². The maximum Gasteiger partial charge on any atom is 0.146 e. The minimum atomic E-state index is -0.610. The number of halogens is 1. The van der Waals surface area contributed by atoms with E-state index in [1.54, 1.807) is 0 Å². The number of rotatable bonds is 18. The lowest BCUT2D eigenvalue weighted by Gasteiger charge is -2.46. The molecule has 1 aliphatic heterocycles. The topological polar surface area (TPSA) is 64.6 Å². The van der Waals surface area contributed by atoms with Gasteiger partial charge in [0.05, 0.1) is 44.7 Å². The summed E-state index contributed by atoms with van der Waals surface area (Å²) in [6, 6.07) is 53.6. The first-order valence-corrected chi connectivity index (χ1v) is 19.4. The van der Waals surface area contributed by atoms with E-state index in [1.807, 2.05) is 146 Å². The lowest BCUT2D eigenvalue weighted by atomic mass is 9.90. The van der Waals surface area contributed by atoms with Crippen LogP contribution in [0.25, 0.3) is 0 Å². The number of ether oxygens (including phenoxy) is 7. The van der Waals surface area contributed by atoms with E-state index >= 15 is 0 Å². The van der Waals surface area contributed by atoms with Crippen molar-refractivity contribution in [3.05, 3.63) is 197 Å². The second kappa shape index (κ2) is 20.3. The van der Waals surface area contributed by atoms with Crippen molar-refractivity contribution in [1.82, 2.24) is 0 Å². The molecule has 0 amide bonds. The zero-order chi connectivity index (χ0) is 38.4. The molecule has 0 unspecified atom stereocenters. The number of hydrogen-bond donors (Lipinski definition) is 0. The van der Waals surface area contributed by atoms with E-state index in [0.717, 1.165) is 33.6 Å². The molecule has 0 spiro atoms. The molecule has 6 aromatic carbocycles. The van der Waals surface area contributed by atoms with Crippen molar-refractivity contribution < 1.29 is 33.2 Å². The predicted octanol–water partition coefficient (Wildman–Crippen LogP) is 10.9. The van der Waals surface area contributed by atoms with E-state index in [2.05, 4.69) is 24.3 Å². The SMILES string of the molecule is CCOc1ccc(Oc2cc([C@@H]3O[C@H](COCc4ccccc4)[C@@H](OCc4ccccc4)[C@H](OCc4ccccc4)[C@H]3OCc3ccccc3)ccc2Cl)cc1. The van der Waals surface area contributed by atoms with Gasteiger partial charge in [-0.3, -0.25) is 0 Å². The van der Waals surface area contributed by atoms with Crippen LogP contribution in [0, 0.1) is 0 Å². The summed E-state index contributed by atoms with van der Waals surface area (Å²) in [4.78, 5) is 0. The van der Waals surface area contributed by atoms with Crippen LogP contribution in [0.2, 0.25) is 5.02 Å². The fourth-order valence-electron chi connectivity index (χ4n) is 6.73. The van der Waals surface area contributed by atoms with Crippen molar-refractivity contribution in [2.24, 2.45) is 0 Å². The Morgan fingerprint density at radius 1 is 0.518 bits per heavy atom. The molecule has 1 saturated heterocycles.